The van der Waals surface area contributed by atoms with E-state index in [9.17, 15) is 9.59 Å². The zero-order valence-electron chi connectivity index (χ0n) is 15.9. The van der Waals surface area contributed by atoms with Crippen LogP contribution >= 0.6 is 0 Å². The Morgan fingerprint density at radius 2 is 1.70 bits per heavy atom. The Hall–Kier alpha value is -3.22. The van der Waals surface area contributed by atoms with Crippen molar-refractivity contribution in [3.8, 4) is 11.5 Å². The van der Waals surface area contributed by atoms with Gasteiger partial charge in [-0.1, -0.05) is 18.2 Å². The minimum absolute atomic E-state index is 0.00994. The molecular formula is C20H23N3O4. The third-order valence-corrected chi connectivity index (χ3v) is 4.64. The molecule has 2 aromatic carbocycles. The Bertz CT molecular complexity index is 1040. The molecule has 0 bridgehead atoms. The minimum atomic E-state index is -0.205. The van der Waals surface area contributed by atoms with E-state index in [2.05, 4.69) is 0 Å². The number of likely N-dealkylation sites (N-methyl/N-ethyl adjacent to an activating group) is 1. The zero-order chi connectivity index (χ0) is 19.6. The van der Waals surface area contributed by atoms with Crippen LogP contribution in [0.15, 0.2) is 47.3 Å². The van der Waals surface area contributed by atoms with Crippen LogP contribution in [0.2, 0.25) is 0 Å². The summed E-state index contributed by atoms with van der Waals surface area (Å²) in [7, 11) is 6.58. The third-order valence-electron chi connectivity index (χ3n) is 4.64. The smallest absolute Gasteiger partial charge is 0.329 e. The largest absolute Gasteiger partial charge is 0.493 e. The first-order valence-corrected chi connectivity index (χ1v) is 8.55. The highest BCUT2D eigenvalue weighted by molar-refractivity contribution is 5.80. The van der Waals surface area contributed by atoms with Crippen LogP contribution in [0.1, 0.15) is 5.56 Å². The summed E-state index contributed by atoms with van der Waals surface area (Å²) in [5.41, 5.74) is 2.26. The van der Waals surface area contributed by atoms with Crippen molar-refractivity contribution in [2.75, 3.05) is 21.3 Å². The van der Waals surface area contributed by atoms with E-state index in [1.54, 1.807) is 37.8 Å². The first-order valence-electron chi connectivity index (χ1n) is 8.55. The van der Waals surface area contributed by atoms with E-state index < -0.39 is 0 Å². The van der Waals surface area contributed by atoms with Gasteiger partial charge in [0.25, 0.3) is 0 Å². The number of benzene rings is 2. The predicted octanol–water partition coefficient (Wildman–Crippen LogP) is 2.02. The fraction of sp³-hybridized carbons (Fsp3) is 0.300. The molecule has 0 unspecified atom stereocenters. The summed E-state index contributed by atoms with van der Waals surface area (Å²) in [6.07, 6.45) is 0. The van der Waals surface area contributed by atoms with Gasteiger partial charge in [0.15, 0.2) is 11.5 Å². The van der Waals surface area contributed by atoms with Crippen molar-refractivity contribution in [3.63, 3.8) is 0 Å². The van der Waals surface area contributed by atoms with Crippen molar-refractivity contribution >= 4 is 16.9 Å². The van der Waals surface area contributed by atoms with Crippen molar-refractivity contribution in [1.82, 2.24) is 14.0 Å². The van der Waals surface area contributed by atoms with E-state index in [1.165, 1.54) is 4.57 Å². The molecule has 0 fully saturated rings. The van der Waals surface area contributed by atoms with Crippen LogP contribution in [-0.2, 0) is 24.9 Å². The number of para-hydroxylation sites is 2. The SMILES string of the molecule is COc1ccc(CN(C)C(=O)Cn2c(=O)n(C)c3ccccc32)cc1OC. The maximum absolute atomic E-state index is 12.7. The average Bonchev–Trinajstić information content (AvgIpc) is 2.93. The molecule has 0 radical (unpaired) electrons. The molecule has 142 valence electrons. The van der Waals surface area contributed by atoms with Crippen molar-refractivity contribution in [2.24, 2.45) is 7.05 Å². The number of fused-ring (bicyclic) bond motifs is 1. The first kappa shape index (κ1) is 18.6. The Morgan fingerprint density at radius 3 is 2.37 bits per heavy atom. The number of nitrogens with zero attached hydrogens (tertiary/aromatic N) is 3. The molecule has 0 saturated carbocycles. The molecular weight excluding hydrogens is 346 g/mol. The lowest BCUT2D eigenvalue weighted by Crippen LogP contribution is -2.33. The number of aromatic nitrogens is 2. The monoisotopic (exact) mass is 369 g/mol. The van der Waals surface area contributed by atoms with E-state index in [0.717, 1.165) is 16.6 Å². The van der Waals surface area contributed by atoms with Crippen molar-refractivity contribution in [1.29, 1.82) is 0 Å². The van der Waals surface area contributed by atoms with Gasteiger partial charge in [-0.3, -0.25) is 13.9 Å². The van der Waals surface area contributed by atoms with Gasteiger partial charge in [0, 0.05) is 20.6 Å². The van der Waals surface area contributed by atoms with Gasteiger partial charge in [-0.15, -0.1) is 0 Å². The molecule has 0 aliphatic rings. The van der Waals surface area contributed by atoms with Crippen LogP contribution in [0, 0.1) is 0 Å². The number of imidazole rings is 1. The molecule has 27 heavy (non-hydrogen) atoms. The Kier molecular flexibility index (Phi) is 5.21. The van der Waals surface area contributed by atoms with E-state index >= 15 is 0 Å². The van der Waals surface area contributed by atoms with Gasteiger partial charge in [-0.25, -0.2) is 4.79 Å². The fourth-order valence-corrected chi connectivity index (χ4v) is 3.11. The van der Waals surface area contributed by atoms with E-state index in [4.69, 9.17) is 9.47 Å². The quantitative estimate of drug-likeness (QED) is 0.667. The summed E-state index contributed by atoms with van der Waals surface area (Å²) in [6, 6.07) is 13.0. The molecule has 7 heteroatoms. The van der Waals surface area contributed by atoms with E-state index in [0.29, 0.717) is 18.0 Å². The summed E-state index contributed by atoms with van der Waals surface area (Å²) in [4.78, 5) is 26.8. The minimum Gasteiger partial charge on any atom is -0.493 e. The number of carbonyl (C=O) groups is 1. The number of carbonyl (C=O) groups excluding carboxylic acids is 1. The number of hydrogen-bond donors (Lipinski definition) is 0. The highest BCUT2D eigenvalue weighted by atomic mass is 16.5. The van der Waals surface area contributed by atoms with Gasteiger partial charge in [-0.05, 0) is 29.8 Å². The number of amides is 1. The molecule has 1 heterocycles. The molecule has 0 aliphatic carbocycles. The van der Waals surface area contributed by atoms with Crippen molar-refractivity contribution in [3.05, 3.63) is 58.5 Å². The number of methoxy groups -OCH3 is 2. The molecule has 1 amide bonds. The Labute approximate surface area is 157 Å². The molecule has 3 rings (SSSR count). The van der Waals surface area contributed by atoms with Gasteiger partial charge >= 0.3 is 5.69 Å². The summed E-state index contributed by atoms with van der Waals surface area (Å²) >= 11 is 0. The molecule has 0 spiro atoms. The average molecular weight is 369 g/mol. The summed E-state index contributed by atoms with van der Waals surface area (Å²) < 4.78 is 13.6. The fourth-order valence-electron chi connectivity index (χ4n) is 3.11. The van der Waals surface area contributed by atoms with Crippen LogP contribution < -0.4 is 15.2 Å². The van der Waals surface area contributed by atoms with Gasteiger partial charge < -0.3 is 14.4 Å². The highest BCUT2D eigenvalue weighted by Gasteiger charge is 2.16. The van der Waals surface area contributed by atoms with Gasteiger partial charge in [-0.2, -0.15) is 0 Å². The Morgan fingerprint density at radius 1 is 1.04 bits per heavy atom. The molecule has 3 aromatic rings. The number of rotatable bonds is 6. The highest BCUT2D eigenvalue weighted by Crippen LogP contribution is 2.28. The molecule has 0 N–H and O–H groups in total. The second kappa shape index (κ2) is 7.57. The maximum atomic E-state index is 12.7. The van der Waals surface area contributed by atoms with Gasteiger partial charge in [0.2, 0.25) is 5.91 Å². The molecule has 0 aliphatic heterocycles. The summed E-state index contributed by atoms with van der Waals surface area (Å²) in [6.45, 7) is 0.392. The van der Waals surface area contributed by atoms with Crippen LogP contribution in [0.3, 0.4) is 0 Å². The van der Waals surface area contributed by atoms with Crippen LogP contribution in [0.25, 0.3) is 11.0 Å². The zero-order valence-corrected chi connectivity index (χ0v) is 15.9. The number of ether oxygens (including phenoxy) is 2. The molecule has 0 atom stereocenters. The number of aryl methyl sites for hydroxylation is 1. The second-order valence-corrected chi connectivity index (χ2v) is 6.36. The standard InChI is InChI=1S/C20H23N3O4/c1-21(12-14-9-10-17(26-3)18(11-14)27-4)19(24)13-23-16-8-6-5-7-15(16)22(2)20(23)25/h5-11H,12-13H2,1-4H3. The van der Waals surface area contributed by atoms with Gasteiger partial charge in [0.05, 0.1) is 25.3 Å². The molecule has 1 aromatic heterocycles. The van der Waals surface area contributed by atoms with E-state index in [-0.39, 0.29) is 18.1 Å². The second-order valence-electron chi connectivity index (χ2n) is 6.36. The topological polar surface area (TPSA) is 65.7 Å². The maximum Gasteiger partial charge on any atom is 0.329 e. The van der Waals surface area contributed by atoms with E-state index in [1.807, 2.05) is 42.5 Å². The lowest BCUT2D eigenvalue weighted by Gasteiger charge is -2.18. The Balaban J connectivity index is 1.79. The number of hydrogen-bond acceptors (Lipinski definition) is 4. The first-order chi connectivity index (χ1) is 13.0. The normalized spacial score (nSPS) is 10.8. The molecule has 7 nitrogen and oxygen atoms in total. The predicted molar refractivity (Wildman–Crippen MR) is 103 cm³/mol. The lowest BCUT2D eigenvalue weighted by molar-refractivity contribution is -0.131. The van der Waals surface area contributed by atoms with Gasteiger partial charge in [0.1, 0.15) is 6.54 Å². The molecule has 0 saturated heterocycles. The third kappa shape index (κ3) is 3.53. The van der Waals surface area contributed by atoms with Crippen molar-refractivity contribution < 1.29 is 14.3 Å². The lowest BCUT2D eigenvalue weighted by atomic mass is 10.2. The van der Waals surface area contributed by atoms with Crippen molar-refractivity contribution in [2.45, 2.75) is 13.1 Å². The van der Waals surface area contributed by atoms with Crippen LogP contribution in [-0.4, -0.2) is 41.2 Å². The van der Waals surface area contributed by atoms with Crippen LogP contribution in [0.5, 0.6) is 11.5 Å². The van der Waals surface area contributed by atoms with Crippen LogP contribution in [0.4, 0.5) is 0 Å². The summed E-state index contributed by atoms with van der Waals surface area (Å²) in [5, 5.41) is 0. The summed E-state index contributed by atoms with van der Waals surface area (Å²) in [5.74, 6) is 1.10.